The van der Waals surface area contributed by atoms with E-state index in [1.165, 1.54) is 0 Å². The van der Waals surface area contributed by atoms with E-state index in [4.69, 9.17) is 40.0 Å². The number of rotatable bonds is 3. The highest BCUT2D eigenvalue weighted by Gasteiger charge is 2.10. The minimum Gasteiger partial charge on any atom is -0.317 e. The fraction of sp³-hybridized carbons (Fsp3) is 0.333. The van der Waals surface area contributed by atoms with Gasteiger partial charge in [0.2, 0.25) is 0 Å². The third-order valence-corrected chi connectivity index (χ3v) is 2.73. The molecule has 1 rings (SSSR count). The predicted molar refractivity (Wildman–Crippen MR) is 59.6 cm³/mol. The lowest BCUT2D eigenvalue weighted by molar-refractivity contribution is 0.133. The monoisotopic (exact) mass is 253 g/mol. The molecule has 0 saturated carbocycles. The van der Waals surface area contributed by atoms with Crippen LogP contribution >= 0.6 is 34.8 Å². The van der Waals surface area contributed by atoms with Crippen molar-refractivity contribution in [3.8, 4) is 0 Å². The molecule has 5 heteroatoms. The van der Waals surface area contributed by atoms with Gasteiger partial charge in [-0.25, -0.2) is 5.48 Å². The lowest BCUT2D eigenvalue weighted by atomic mass is 10.1. The van der Waals surface area contributed by atoms with Crippen LogP contribution in [0.15, 0.2) is 12.1 Å². The van der Waals surface area contributed by atoms with E-state index in [1.54, 1.807) is 12.1 Å². The summed E-state index contributed by atoms with van der Waals surface area (Å²) >= 11 is 17.7. The SMILES string of the molecule is C[C@H](Cc1c(Cl)cc(Cl)cc1Cl)NO. The number of hydrogen-bond acceptors (Lipinski definition) is 2. The van der Waals surface area contributed by atoms with Gasteiger partial charge in [-0.15, -0.1) is 0 Å². The second kappa shape index (κ2) is 5.19. The van der Waals surface area contributed by atoms with E-state index in [1.807, 2.05) is 6.92 Å². The van der Waals surface area contributed by atoms with Crippen molar-refractivity contribution in [2.75, 3.05) is 0 Å². The molecular formula is C9H10Cl3NO. The highest BCUT2D eigenvalue weighted by molar-refractivity contribution is 6.39. The molecule has 0 fully saturated rings. The third-order valence-electron chi connectivity index (χ3n) is 1.84. The zero-order valence-electron chi connectivity index (χ0n) is 7.52. The molecule has 0 spiro atoms. The molecule has 0 aromatic heterocycles. The van der Waals surface area contributed by atoms with Gasteiger partial charge in [-0.2, -0.15) is 0 Å². The summed E-state index contributed by atoms with van der Waals surface area (Å²) in [6.07, 6.45) is 0.547. The fourth-order valence-corrected chi connectivity index (χ4v) is 2.09. The molecule has 1 atom stereocenters. The summed E-state index contributed by atoms with van der Waals surface area (Å²) in [5, 5.41) is 10.2. The highest BCUT2D eigenvalue weighted by Crippen LogP contribution is 2.29. The predicted octanol–water partition coefficient (Wildman–Crippen LogP) is 3.56. The first kappa shape index (κ1) is 12.1. The van der Waals surface area contributed by atoms with Crippen molar-refractivity contribution in [3.05, 3.63) is 32.8 Å². The van der Waals surface area contributed by atoms with Crippen LogP contribution in [0.3, 0.4) is 0 Å². The Labute approximate surface area is 97.7 Å². The minimum absolute atomic E-state index is 0.105. The zero-order chi connectivity index (χ0) is 10.7. The first-order chi connectivity index (χ1) is 6.54. The van der Waals surface area contributed by atoms with Gasteiger partial charge in [0.15, 0.2) is 0 Å². The van der Waals surface area contributed by atoms with Gasteiger partial charge in [-0.1, -0.05) is 34.8 Å². The van der Waals surface area contributed by atoms with Crippen molar-refractivity contribution < 1.29 is 5.21 Å². The van der Waals surface area contributed by atoms with Gasteiger partial charge in [0.1, 0.15) is 0 Å². The number of hydroxylamine groups is 1. The van der Waals surface area contributed by atoms with E-state index < -0.39 is 0 Å². The molecule has 0 radical (unpaired) electrons. The van der Waals surface area contributed by atoms with E-state index in [0.717, 1.165) is 5.56 Å². The second-order valence-electron chi connectivity index (χ2n) is 3.08. The van der Waals surface area contributed by atoms with Gasteiger partial charge in [0.25, 0.3) is 0 Å². The van der Waals surface area contributed by atoms with Gasteiger partial charge in [0, 0.05) is 21.1 Å². The molecule has 0 bridgehead atoms. The average Bonchev–Trinajstić information content (AvgIpc) is 2.10. The number of benzene rings is 1. The average molecular weight is 255 g/mol. The normalized spacial score (nSPS) is 12.9. The van der Waals surface area contributed by atoms with E-state index in [0.29, 0.717) is 21.5 Å². The summed E-state index contributed by atoms with van der Waals surface area (Å²) in [6, 6.07) is 3.16. The lowest BCUT2D eigenvalue weighted by Crippen LogP contribution is -2.24. The second-order valence-corrected chi connectivity index (χ2v) is 4.33. The Bertz CT molecular complexity index is 307. The maximum Gasteiger partial charge on any atom is 0.0468 e. The van der Waals surface area contributed by atoms with Crippen LogP contribution in [-0.4, -0.2) is 11.2 Å². The molecule has 1 aromatic carbocycles. The van der Waals surface area contributed by atoms with Gasteiger partial charge >= 0.3 is 0 Å². The van der Waals surface area contributed by atoms with Crippen LogP contribution in [0.4, 0.5) is 0 Å². The third kappa shape index (κ3) is 3.01. The maximum atomic E-state index is 8.67. The van der Waals surface area contributed by atoms with Crippen LogP contribution < -0.4 is 5.48 Å². The van der Waals surface area contributed by atoms with Crippen LogP contribution in [0.5, 0.6) is 0 Å². The van der Waals surface area contributed by atoms with Crippen molar-refractivity contribution >= 4 is 34.8 Å². The Kier molecular flexibility index (Phi) is 4.48. The van der Waals surface area contributed by atoms with Crippen molar-refractivity contribution in [1.82, 2.24) is 5.48 Å². The van der Waals surface area contributed by atoms with Crippen molar-refractivity contribution in [1.29, 1.82) is 0 Å². The molecule has 2 N–H and O–H groups in total. The summed E-state index contributed by atoms with van der Waals surface area (Å²) in [5.74, 6) is 0. The summed E-state index contributed by atoms with van der Waals surface area (Å²) in [4.78, 5) is 0. The molecule has 0 unspecified atom stereocenters. The Balaban J connectivity index is 2.96. The Morgan fingerprint density at radius 2 is 1.79 bits per heavy atom. The molecule has 0 amide bonds. The molecule has 14 heavy (non-hydrogen) atoms. The molecule has 0 aliphatic heterocycles. The zero-order valence-corrected chi connectivity index (χ0v) is 9.79. The quantitative estimate of drug-likeness (QED) is 0.809. The van der Waals surface area contributed by atoms with Crippen molar-refractivity contribution in [2.24, 2.45) is 0 Å². The van der Waals surface area contributed by atoms with Crippen LogP contribution in [0.25, 0.3) is 0 Å². The molecule has 78 valence electrons. The molecule has 0 heterocycles. The summed E-state index contributed by atoms with van der Waals surface area (Å²) in [5.41, 5.74) is 2.92. The lowest BCUT2D eigenvalue weighted by Gasteiger charge is -2.12. The first-order valence-electron chi connectivity index (χ1n) is 4.07. The van der Waals surface area contributed by atoms with E-state index in [-0.39, 0.29) is 6.04 Å². The van der Waals surface area contributed by atoms with E-state index >= 15 is 0 Å². The maximum absolute atomic E-state index is 8.67. The molecule has 2 nitrogen and oxygen atoms in total. The van der Waals surface area contributed by atoms with Gasteiger partial charge in [-0.05, 0) is 31.0 Å². The number of nitrogens with one attached hydrogen (secondary N) is 1. The summed E-state index contributed by atoms with van der Waals surface area (Å²) < 4.78 is 0. The summed E-state index contributed by atoms with van der Waals surface area (Å²) in [7, 11) is 0. The first-order valence-corrected chi connectivity index (χ1v) is 5.21. The number of halogens is 3. The highest BCUT2D eigenvalue weighted by atomic mass is 35.5. The minimum atomic E-state index is -0.105. The van der Waals surface area contributed by atoms with Crippen LogP contribution in [-0.2, 0) is 6.42 Å². The molecular weight excluding hydrogens is 244 g/mol. The van der Waals surface area contributed by atoms with Crippen LogP contribution in [0, 0.1) is 0 Å². The van der Waals surface area contributed by atoms with E-state index in [9.17, 15) is 0 Å². The summed E-state index contributed by atoms with van der Waals surface area (Å²) in [6.45, 7) is 1.82. The Hall–Kier alpha value is 0.01000. The number of hydrogen-bond donors (Lipinski definition) is 2. The molecule has 0 aliphatic carbocycles. The molecule has 1 aromatic rings. The van der Waals surface area contributed by atoms with Crippen LogP contribution in [0.1, 0.15) is 12.5 Å². The Morgan fingerprint density at radius 1 is 1.29 bits per heavy atom. The topological polar surface area (TPSA) is 32.3 Å². The molecule has 0 saturated heterocycles. The standard InChI is InChI=1S/C9H10Cl3NO/c1-5(13-14)2-7-8(11)3-6(10)4-9(7)12/h3-5,13-14H,2H2,1H3/t5-/m1/s1. The molecule has 0 aliphatic rings. The van der Waals surface area contributed by atoms with Crippen molar-refractivity contribution in [2.45, 2.75) is 19.4 Å². The fourth-order valence-electron chi connectivity index (χ4n) is 1.12. The van der Waals surface area contributed by atoms with E-state index in [2.05, 4.69) is 5.48 Å². The van der Waals surface area contributed by atoms with Crippen molar-refractivity contribution in [3.63, 3.8) is 0 Å². The Morgan fingerprint density at radius 3 is 2.21 bits per heavy atom. The smallest absolute Gasteiger partial charge is 0.0468 e. The van der Waals surface area contributed by atoms with Gasteiger partial charge in [-0.3, -0.25) is 0 Å². The van der Waals surface area contributed by atoms with Crippen LogP contribution in [0.2, 0.25) is 15.1 Å². The largest absolute Gasteiger partial charge is 0.317 e. The van der Waals surface area contributed by atoms with Gasteiger partial charge in [0.05, 0.1) is 0 Å². The van der Waals surface area contributed by atoms with Gasteiger partial charge < -0.3 is 5.21 Å².